The van der Waals surface area contributed by atoms with E-state index < -0.39 is 15.7 Å². The number of halogens is 1. The molecule has 0 N–H and O–H groups in total. The molecule has 0 radical (unpaired) electrons. The van der Waals surface area contributed by atoms with Gasteiger partial charge in [-0.2, -0.15) is 0 Å². The Morgan fingerprint density at radius 3 is 2.60 bits per heavy atom. The van der Waals surface area contributed by atoms with Crippen LogP contribution in [-0.2, 0) is 9.84 Å². The summed E-state index contributed by atoms with van der Waals surface area (Å²) in [6.07, 6.45) is 1.53. The van der Waals surface area contributed by atoms with Gasteiger partial charge in [-0.15, -0.1) is 0 Å². The van der Waals surface area contributed by atoms with Gasteiger partial charge in [-0.05, 0) is 18.6 Å². The molecule has 0 fully saturated rings. The molecule has 0 saturated carbocycles. The van der Waals surface area contributed by atoms with Crippen molar-refractivity contribution in [2.45, 2.75) is 6.42 Å². The predicted octanol–water partition coefficient (Wildman–Crippen LogP) is 1.64. The van der Waals surface area contributed by atoms with Gasteiger partial charge in [-0.1, -0.05) is 12.1 Å². The van der Waals surface area contributed by atoms with Crippen LogP contribution in [0, 0.1) is 5.82 Å². The molecular weight excluding hydrogens is 219 g/mol. The van der Waals surface area contributed by atoms with Gasteiger partial charge in [-0.25, -0.2) is 12.8 Å². The van der Waals surface area contributed by atoms with Crippen molar-refractivity contribution in [3.63, 3.8) is 0 Å². The van der Waals surface area contributed by atoms with Crippen molar-refractivity contribution in [1.82, 2.24) is 0 Å². The highest BCUT2D eigenvalue weighted by Crippen LogP contribution is 2.15. The summed E-state index contributed by atoms with van der Waals surface area (Å²) in [6, 6.07) is 6.04. The van der Waals surface area contributed by atoms with E-state index in [1.54, 1.807) is 12.1 Å². The van der Waals surface area contributed by atoms with Gasteiger partial charge in [0.15, 0.2) is 11.6 Å². The summed E-state index contributed by atoms with van der Waals surface area (Å²) in [7, 11) is -2.96. The number of rotatable bonds is 5. The third kappa shape index (κ3) is 4.78. The normalized spacial score (nSPS) is 11.3. The van der Waals surface area contributed by atoms with Crippen molar-refractivity contribution < 1.29 is 17.5 Å². The fraction of sp³-hybridized carbons (Fsp3) is 0.400. The Balaban J connectivity index is 2.36. The Kier molecular flexibility index (Phi) is 4.08. The summed E-state index contributed by atoms with van der Waals surface area (Å²) in [5, 5.41) is 0. The van der Waals surface area contributed by atoms with Gasteiger partial charge in [0.25, 0.3) is 0 Å². The highest BCUT2D eigenvalue weighted by molar-refractivity contribution is 7.90. The van der Waals surface area contributed by atoms with Crippen molar-refractivity contribution in [2.75, 3.05) is 18.6 Å². The number of hydrogen-bond donors (Lipinski definition) is 0. The molecule has 0 aliphatic heterocycles. The van der Waals surface area contributed by atoms with Gasteiger partial charge >= 0.3 is 0 Å². The van der Waals surface area contributed by atoms with E-state index in [-0.39, 0.29) is 18.1 Å². The predicted molar refractivity (Wildman–Crippen MR) is 56.2 cm³/mol. The minimum absolute atomic E-state index is 0.0570. The van der Waals surface area contributed by atoms with E-state index in [0.717, 1.165) is 6.26 Å². The Morgan fingerprint density at radius 1 is 1.33 bits per heavy atom. The zero-order valence-corrected chi connectivity index (χ0v) is 9.26. The zero-order chi connectivity index (χ0) is 11.3. The van der Waals surface area contributed by atoms with Crippen LogP contribution in [0.25, 0.3) is 0 Å². The van der Waals surface area contributed by atoms with Crippen LogP contribution in [0.15, 0.2) is 24.3 Å². The fourth-order valence-corrected chi connectivity index (χ4v) is 1.71. The molecule has 0 spiro atoms. The zero-order valence-electron chi connectivity index (χ0n) is 8.44. The first-order chi connectivity index (χ1) is 6.99. The lowest BCUT2D eigenvalue weighted by Gasteiger charge is -2.05. The van der Waals surface area contributed by atoms with Crippen LogP contribution in [-0.4, -0.2) is 27.0 Å². The van der Waals surface area contributed by atoms with Crippen LogP contribution >= 0.6 is 0 Å². The highest BCUT2D eigenvalue weighted by atomic mass is 32.2. The summed E-state index contributed by atoms with van der Waals surface area (Å²) in [5.74, 6) is -0.218. The highest BCUT2D eigenvalue weighted by Gasteiger charge is 2.04. The van der Waals surface area contributed by atoms with Crippen LogP contribution in [0.5, 0.6) is 5.75 Å². The third-order valence-corrected chi connectivity index (χ3v) is 2.78. The van der Waals surface area contributed by atoms with E-state index in [4.69, 9.17) is 4.74 Å². The molecule has 84 valence electrons. The van der Waals surface area contributed by atoms with Gasteiger partial charge in [0.2, 0.25) is 0 Å². The molecule has 15 heavy (non-hydrogen) atoms. The maximum atomic E-state index is 13.0. The summed E-state index contributed by atoms with van der Waals surface area (Å²) in [4.78, 5) is 0. The Hall–Kier alpha value is -1.10. The van der Waals surface area contributed by atoms with Crippen LogP contribution in [0.1, 0.15) is 6.42 Å². The van der Waals surface area contributed by atoms with Crippen LogP contribution < -0.4 is 4.74 Å². The first-order valence-corrected chi connectivity index (χ1v) is 6.60. The number of ether oxygens (including phenoxy) is 1. The molecule has 1 aromatic carbocycles. The molecule has 3 nitrogen and oxygen atoms in total. The number of sulfone groups is 1. The van der Waals surface area contributed by atoms with E-state index in [2.05, 4.69) is 0 Å². The Morgan fingerprint density at radius 2 is 2.00 bits per heavy atom. The third-order valence-electron chi connectivity index (χ3n) is 1.75. The molecule has 0 aliphatic carbocycles. The minimum Gasteiger partial charge on any atom is -0.490 e. The standard InChI is InChI=1S/C10H13FO3S/c1-15(12,13)8-4-7-14-10-6-3-2-5-9(10)11/h2-3,5-6H,4,7-8H2,1H3. The SMILES string of the molecule is CS(=O)(=O)CCCOc1ccccc1F. The van der Waals surface area contributed by atoms with Gasteiger partial charge in [-0.3, -0.25) is 0 Å². The van der Waals surface area contributed by atoms with Crippen LogP contribution in [0.2, 0.25) is 0 Å². The molecular formula is C10H13FO3S. The second-order valence-electron chi connectivity index (χ2n) is 3.26. The average Bonchev–Trinajstić information content (AvgIpc) is 2.13. The van der Waals surface area contributed by atoms with Crippen molar-refractivity contribution >= 4 is 9.84 Å². The first kappa shape index (κ1) is 12.0. The summed E-state index contributed by atoms with van der Waals surface area (Å²) in [5.41, 5.74) is 0. The van der Waals surface area contributed by atoms with Gasteiger partial charge in [0, 0.05) is 6.26 Å². The van der Waals surface area contributed by atoms with Crippen molar-refractivity contribution in [1.29, 1.82) is 0 Å². The van der Waals surface area contributed by atoms with Crippen molar-refractivity contribution in [3.8, 4) is 5.75 Å². The molecule has 0 bridgehead atoms. The van der Waals surface area contributed by atoms with Crippen LogP contribution in [0.3, 0.4) is 0 Å². The van der Waals surface area contributed by atoms with Crippen LogP contribution in [0.4, 0.5) is 4.39 Å². The van der Waals surface area contributed by atoms with Crippen molar-refractivity contribution in [2.24, 2.45) is 0 Å². The topological polar surface area (TPSA) is 43.4 Å². The Labute approximate surface area is 88.8 Å². The molecule has 0 unspecified atom stereocenters. The lowest BCUT2D eigenvalue weighted by atomic mass is 10.3. The van der Waals surface area contributed by atoms with E-state index in [0.29, 0.717) is 6.42 Å². The molecule has 5 heteroatoms. The van der Waals surface area contributed by atoms with E-state index in [1.165, 1.54) is 12.1 Å². The van der Waals surface area contributed by atoms with Gasteiger partial charge < -0.3 is 4.74 Å². The largest absolute Gasteiger partial charge is 0.490 e. The number of para-hydroxylation sites is 1. The molecule has 0 atom stereocenters. The summed E-state index contributed by atoms with van der Waals surface area (Å²) < 4.78 is 39.7. The number of hydrogen-bond acceptors (Lipinski definition) is 3. The quantitative estimate of drug-likeness (QED) is 0.725. The first-order valence-electron chi connectivity index (χ1n) is 4.54. The maximum Gasteiger partial charge on any atom is 0.165 e. The average molecular weight is 232 g/mol. The van der Waals surface area contributed by atoms with E-state index in [9.17, 15) is 12.8 Å². The number of benzene rings is 1. The lowest BCUT2D eigenvalue weighted by Crippen LogP contribution is -2.08. The van der Waals surface area contributed by atoms with E-state index in [1.807, 2.05) is 0 Å². The minimum atomic E-state index is -2.96. The molecule has 1 aromatic rings. The maximum absolute atomic E-state index is 13.0. The van der Waals surface area contributed by atoms with Crippen molar-refractivity contribution in [3.05, 3.63) is 30.1 Å². The molecule has 0 heterocycles. The molecule has 0 aromatic heterocycles. The van der Waals surface area contributed by atoms with Gasteiger partial charge in [0.1, 0.15) is 9.84 Å². The monoisotopic (exact) mass is 232 g/mol. The van der Waals surface area contributed by atoms with Gasteiger partial charge in [0.05, 0.1) is 12.4 Å². The molecule has 1 rings (SSSR count). The second-order valence-corrected chi connectivity index (χ2v) is 5.52. The van der Waals surface area contributed by atoms with E-state index >= 15 is 0 Å². The smallest absolute Gasteiger partial charge is 0.165 e. The molecule has 0 saturated heterocycles. The fourth-order valence-electron chi connectivity index (χ4n) is 1.07. The molecule has 0 amide bonds. The summed E-state index contributed by atoms with van der Waals surface area (Å²) >= 11 is 0. The lowest BCUT2D eigenvalue weighted by molar-refractivity contribution is 0.301. The molecule has 0 aliphatic rings. The summed E-state index contributed by atoms with van der Waals surface area (Å²) in [6.45, 7) is 0.202. The second kappa shape index (κ2) is 5.11. The Bertz CT molecular complexity index is 414.